The van der Waals surface area contributed by atoms with Gasteiger partial charge in [0.05, 0.1) is 24.3 Å². The molecule has 1 aliphatic carbocycles. The van der Waals surface area contributed by atoms with Gasteiger partial charge in [-0.25, -0.2) is 4.79 Å². The molecule has 172 valence electrons. The van der Waals surface area contributed by atoms with Crippen LogP contribution in [0.25, 0.3) is 0 Å². The molecule has 2 amide bonds. The SMILES string of the molecule is CCCC1=NNC2C(=O)N(CC(=O)Nc3ccc(C(=O)OCC)cc3)C3CCCCC3N12. The maximum Gasteiger partial charge on any atom is 0.338 e. The van der Waals surface area contributed by atoms with E-state index in [2.05, 4.69) is 27.7 Å². The zero-order chi connectivity index (χ0) is 22.7. The molecule has 1 saturated carbocycles. The molecule has 1 aromatic rings. The quantitative estimate of drug-likeness (QED) is 0.630. The molecule has 2 fully saturated rings. The fraction of sp³-hybridized carbons (Fsp3) is 0.565. The number of nitrogens with zero attached hydrogens (tertiary/aromatic N) is 3. The van der Waals surface area contributed by atoms with Crippen molar-refractivity contribution in [3.63, 3.8) is 0 Å². The molecule has 9 nitrogen and oxygen atoms in total. The number of esters is 1. The van der Waals surface area contributed by atoms with Gasteiger partial charge in [-0.15, -0.1) is 0 Å². The van der Waals surface area contributed by atoms with Gasteiger partial charge in [0.15, 0.2) is 6.17 Å². The summed E-state index contributed by atoms with van der Waals surface area (Å²) in [4.78, 5) is 41.8. The van der Waals surface area contributed by atoms with Crippen molar-refractivity contribution in [2.45, 2.75) is 70.6 Å². The van der Waals surface area contributed by atoms with Gasteiger partial charge in [-0.3, -0.25) is 15.0 Å². The Labute approximate surface area is 188 Å². The van der Waals surface area contributed by atoms with Crippen LogP contribution in [0.15, 0.2) is 29.4 Å². The number of benzene rings is 1. The van der Waals surface area contributed by atoms with E-state index >= 15 is 0 Å². The van der Waals surface area contributed by atoms with Gasteiger partial charge in [-0.1, -0.05) is 19.8 Å². The topological polar surface area (TPSA) is 103 Å². The minimum atomic E-state index is -0.521. The van der Waals surface area contributed by atoms with E-state index in [4.69, 9.17) is 4.74 Å². The predicted molar refractivity (Wildman–Crippen MR) is 120 cm³/mol. The van der Waals surface area contributed by atoms with Crippen LogP contribution in [0.5, 0.6) is 0 Å². The lowest BCUT2D eigenvalue weighted by Gasteiger charge is -2.51. The van der Waals surface area contributed by atoms with Crippen molar-refractivity contribution in [1.82, 2.24) is 15.2 Å². The first kappa shape index (κ1) is 22.1. The Balaban J connectivity index is 1.44. The summed E-state index contributed by atoms with van der Waals surface area (Å²) < 4.78 is 4.98. The largest absolute Gasteiger partial charge is 0.462 e. The fourth-order valence-corrected chi connectivity index (χ4v) is 4.93. The van der Waals surface area contributed by atoms with Crippen LogP contribution in [0.3, 0.4) is 0 Å². The lowest BCUT2D eigenvalue weighted by atomic mass is 9.85. The molecule has 0 radical (unpaired) electrons. The van der Waals surface area contributed by atoms with Crippen molar-refractivity contribution in [2.75, 3.05) is 18.5 Å². The number of carbonyl (C=O) groups is 3. The van der Waals surface area contributed by atoms with E-state index < -0.39 is 12.1 Å². The van der Waals surface area contributed by atoms with Crippen LogP contribution >= 0.6 is 0 Å². The minimum Gasteiger partial charge on any atom is -0.462 e. The lowest BCUT2D eigenvalue weighted by molar-refractivity contribution is -0.151. The maximum atomic E-state index is 13.3. The number of hydrogen-bond acceptors (Lipinski definition) is 7. The van der Waals surface area contributed by atoms with Crippen molar-refractivity contribution < 1.29 is 19.1 Å². The summed E-state index contributed by atoms with van der Waals surface area (Å²) in [7, 11) is 0. The molecule has 2 aliphatic heterocycles. The highest BCUT2D eigenvalue weighted by atomic mass is 16.5. The van der Waals surface area contributed by atoms with Crippen molar-refractivity contribution in [2.24, 2.45) is 5.10 Å². The van der Waals surface area contributed by atoms with Crippen LogP contribution in [-0.4, -0.2) is 64.8 Å². The molecule has 2 N–H and O–H groups in total. The molecule has 3 unspecified atom stereocenters. The molecule has 9 heteroatoms. The first-order valence-corrected chi connectivity index (χ1v) is 11.5. The Hall–Kier alpha value is -3.10. The number of nitrogens with one attached hydrogen (secondary N) is 2. The Morgan fingerprint density at radius 3 is 2.56 bits per heavy atom. The van der Waals surface area contributed by atoms with Crippen LogP contribution in [-0.2, 0) is 14.3 Å². The van der Waals surface area contributed by atoms with Gasteiger partial charge in [0, 0.05) is 12.1 Å². The lowest BCUT2D eigenvalue weighted by Crippen LogP contribution is -2.69. The van der Waals surface area contributed by atoms with Crippen molar-refractivity contribution in [3.8, 4) is 0 Å². The van der Waals surface area contributed by atoms with Crippen LogP contribution in [0, 0.1) is 0 Å². The fourth-order valence-electron chi connectivity index (χ4n) is 4.93. The van der Waals surface area contributed by atoms with E-state index in [-0.39, 0.29) is 30.4 Å². The smallest absolute Gasteiger partial charge is 0.338 e. The standard InChI is InChI=1S/C23H31N5O4/c1-3-7-19-25-26-21-22(30)27(17-8-5-6-9-18(17)28(19)21)14-20(29)24-16-12-10-15(11-13-16)23(31)32-4-2/h10-13,17-18,21,26H,3-9,14H2,1-2H3,(H,24,29). The molecule has 32 heavy (non-hydrogen) atoms. The summed E-state index contributed by atoms with van der Waals surface area (Å²) >= 11 is 0. The highest BCUT2D eigenvalue weighted by molar-refractivity contribution is 5.98. The molecule has 3 atom stereocenters. The third-order valence-corrected chi connectivity index (χ3v) is 6.33. The van der Waals surface area contributed by atoms with Gasteiger partial charge in [0.2, 0.25) is 5.91 Å². The van der Waals surface area contributed by atoms with Crippen molar-refractivity contribution in [1.29, 1.82) is 0 Å². The second-order valence-corrected chi connectivity index (χ2v) is 8.45. The Kier molecular flexibility index (Phi) is 6.62. The molecule has 4 rings (SSSR count). The number of amides is 2. The monoisotopic (exact) mass is 441 g/mol. The van der Waals surface area contributed by atoms with E-state index in [0.717, 1.165) is 44.4 Å². The molecule has 0 bridgehead atoms. The highest BCUT2D eigenvalue weighted by Crippen LogP contribution is 2.35. The zero-order valence-corrected chi connectivity index (χ0v) is 18.7. The summed E-state index contributed by atoms with van der Waals surface area (Å²) in [5.41, 5.74) is 4.00. The van der Waals surface area contributed by atoms with Crippen LogP contribution in [0.1, 0.15) is 62.7 Å². The number of hydrogen-bond donors (Lipinski definition) is 2. The summed E-state index contributed by atoms with van der Waals surface area (Å²) in [5.74, 6) is 0.197. The molecule has 1 aromatic carbocycles. The summed E-state index contributed by atoms with van der Waals surface area (Å²) in [6, 6.07) is 6.75. The van der Waals surface area contributed by atoms with E-state index in [1.54, 1.807) is 36.1 Å². The molecule has 0 spiro atoms. The predicted octanol–water partition coefficient (Wildman–Crippen LogP) is 2.30. The van der Waals surface area contributed by atoms with E-state index in [1.807, 2.05) is 0 Å². The number of anilines is 1. The number of hydrazone groups is 1. The summed E-state index contributed by atoms with van der Waals surface area (Å²) in [6.45, 7) is 4.16. The molecule has 2 heterocycles. The number of fused-ring (bicyclic) bond motifs is 3. The molecular formula is C23H31N5O4. The van der Waals surface area contributed by atoms with E-state index in [9.17, 15) is 14.4 Å². The number of amidine groups is 1. The number of carbonyl (C=O) groups excluding carboxylic acids is 3. The summed E-state index contributed by atoms with van der Waals surface area (Å²) in [6.07, 6.45) is 5.33. The average Bonchev–Trinajstić information content (AvgIpc) is 3.22. The number of ether oxygens (including phenoxy) is 1. The Morgan fingerprint density at radius 2 is 1.88 bits per heavy atom. The van der Waals surface area contributed by atoms with Crippen LogP contribution in [0.4, 0.5) is 5.69 Å². The number of rotatable bonds is 7. The van der Waals surface area contributed by atoms with Gasteiger partial charge in [-0.2, -0.15) is 5.10 Å². The first-order chi connectivity index (χ1) is 15.5. The summed E-state index contributed by atoms with van der Waals surface area (Å²) in [5, 5.41) is 7.28. The van der Waals surface area contributed by atoms with Gasteiger partial charge < -0.3 is 19.9 Å². The van der Waals surface area contributed by atoms with E-state index in [1.165, 1.54) is 0 Å². The van der Waals surface area contributed by atoms with Gasteiger partial charge in [-0.05, 0) is 50.5 Å². The van der Waals surface area contributed by atoms with Crippen molar-refractivity contribution >= 4 is 29.3 Å². The molecular weight excluding hydrogens is 410 g/mol. The third-order valence-electron chi connectivity index (χ3n) is 6.33. The van der Waals surface area contributed by atoms with Gasteiger partial charge in [0.1, 0.15) is 12.4 Å². The zero-order valence-electron chi connectivity index (χ0n) is 18.7. The van der Waals surface area contributed by atoms with Crippen LogP contribution in [0.2, 0.25) is 0 Å². The first-order valence-electron chi connectivity index (χ1n) is 11.5. The second-order valence-electron chi connectivity index (χ2n) is 8.45. The average molecular weight is 442 g/mol. The Morgan fingerprint density at radius 1 is 1.16 bits per heavy atom. The Bertz CT molecular complexity index is 900. The third kappa shape index (κ3) is 4.28. The van der Waals surface area contributed by atoms with Gasteiger partial charge >= 0.3 is 5.97 Å². The normalized spacial score (nSPS) is 24.2. The van der Waals surface area contributed by atoms with Crippen molar-refractivity contribution in [3.05, 3.63) is 29.8 Å². The molecule has 1 saturated heterocycles. The maximum absolute atomic E-state index is 13.3. The minimum absolute atomic E-state index is 0.00520. The number of piperazine rings is 1. The molecule has 0 aromatic heterocycles. The van der Waals surface area contributed by atoms with Crippen LogP contribution < -0.4 is 10.7 Å². The molecule has 3 aliphatic rings. The van der Waals surface area contributed by atoms with Gasteiger partial charge in [0.25, 0.3) is 5.91 Å². The van der Waals surface area contributed by atoms with E-state index in [0.29, 0.717) is 17.9 Å². The second kappa shape index (κ2) is 9.58. The highest BCUT2D eigenvalue weighted by Gasteiger charge is 2.50.